The third kappa shape index (κ3) is 2.69. The Morgan fingerprint density at radius 3 is 2.39 bits per heavy atom. The van der Waals surface area contributed by atoms with Crippen molar-refractivity contribution in [1.29, 1.82) is 0 Å². The lowest BCUT2D eigenvalue weighted by atomic mass is 9.90. The molecule has 0 aromatic heterocycles. The van der Waals surface area contributed by atoms with Crippen molar-refractivity contribution in [2.24, 2.45) is 0 Å². The lowest BCUT2D eigenvalue weighted by Gasteiger charge is -2.18. The van der Waals surface area contributed by atoms with Gasteiger partial charge in [0.25, 0.3) is 0 Å². The Bertz CT molecular complexity index is 462. The highest BCUT2D eigenvalue weighted by Crippen LogP contribution is 2.28. The van der Waals surface area contributed by atoms with Gasteiger partial charge in [-0.15, -0.1) is 0 Å². The SMILES string of the molecule is CC(=O)C(C)(F)c1ccc(CC=C2CCC2)cc1. The fourth-order valence-corrected chi connectivity index (χ4v) is 2.00. The number of carbonyl (C=O) groups excluding carboxylic acids is 1. The van der Waals surface area contributed by atoms with Crippen molar-refractivity contribution >= 4 is 5.78 Å². The maximum Gasteiger partial charge on any atom is 0.190 e. The zero-order valence-electron chi connectivity index (χ0n) is 11.0. The third-order valence-electron chi connectivity index (χ3n) is 3.78. The molecular formula is C16H19FO. The van der Waals surface area contributed by atoms with Gasteiger partial charge in [-0.3, -0.25) is 4.79 Å². The molecule has 1 unspecified atom stereocenters. The smallest absolute Gasteiger partial charge is 0.190 e. The molecule has 1 nitrogen and oxygen atoms in total. The van der Waals surface area contributed by atoms with Crippen LogP contribution in [0.4, 0.5) is 4.39 Å². The van der Waals surface area contributed by atoms with Crippen LogP contribution in [0.3, 0.4) is 0 Å². The van der Waals surface area contributed by atoms with Crippen LogP contribution in [-0.4, -0.2) is 5.78 Å². The summed E-state index contributed by atoms with van der Waals surface area (Å²) in [6, 6.07) is 7.25. The first-order valence-corrected chi connectivity index (χ1v) is 6.47. The Morgan fingerprint density at radius 2 is 1.94 bits per heavy atom. The summed E-state index contributed by atoms with van der Waals surface area (Å²) in [4.78, 5) is 11.2. The van der Waals surface area contributed by atoms with Gasteiger partial charge in [0.05, 0.1) is 0 Å². The number of halogens is 1. The average molecular weight is 246 g/mol. The standard InChI is InChI=1S/C16H19FO/c1-12(18)16(2,17)15-10-8-14(9-11-15)7-6-13-4-3-5-13/h6,8-11H,3-5,7H2,1-2H3. The number of ketones is 1. The van der Waals surface area contributed by atoms with E-state index in [0.29, 0.717) is 5.56 Å². The summed E-state index contributed by atoms with van der Waals surface area (Å²) in [6.07, 6.45) is 6.93. The predicted octanol–water partition coefficient (Wildman–Crippen LogP) is 4.11. The van der Waals surface area contributed by atoms with Crippen LogP contribution >= 0.6 is 0 Å². The van der Waals surface area contributed by atoms with Crippen molar-refractivity contribution in [2.45, 2.75) is 45.2 Å². The van der Waals surface area contributed by atoms with E-state index in [1.165, 1.54) is 38.7 Å². The van der Waals surface area contributed by atoms with Gasteiger partial charge in [-0.05, 0) is 50.7 Å². The van der Waals surface area contributed by atoms with Gasteiger partial charge in [0.1, 0.15) is 0 Å². The van der Waals surface area contributed by atoms with Crippen molar-refractivity contribution < 1.29 is 9.18 Å². The predicted molar refractivity (Wildman–Crippen MR) is 71.2 cm³/mol. The molecular weight excluding hydrogens is 227 g/mol. The molecule has 0 bridgehead atoms. The molecule has 0 N–H and O–H groups in total. The van der Waals surface area contributed by atoms with Crippen molar-refractivity contribution in [3.8, 4) is 0 Å². The molecule has 1 aliphatic carbocycles. The summed E-state index contributed by atoms with van der Waals surface area (Å²) in [5.74, 6) is -0.452. The van der Waals surface area contributed by atoms with E-state index in [4.69, 9.17) is 0 Å². The second-order valence-electron chi connectivity index (χ2n) is 5.18. The molecule has 0 heterocycles. The van der Waals surface area contributed by atoms with Crippen LogP contribution in [-0.2, 0) is 16.9 Å². The first kappa shape index (κ1) is 13.0. The minimum Gasteiger partial charge on any atom is -0.296 e. The van der Waals surface area contributed by atoms with Crippen molar-refractivity contribution in [1.82, 2.24) is 0 Å². The Hall–Kier alpha value is -1.44. The number of Topliss-reactive ketones (excluding diaryl/α,β-unsaturated/α-hetero) is 1. The summed E-state index contributed by atoms with van der Waals surface area (Å²) in [6.45, 7) is 2.61. The fourth-order valence-electron chi connectivity index (χ4n) is 2.00. The zero-order chi connectivity index (χ0) is 13.2. The monoisotopic (exact) mass is 246 g/mol. The third-order valence-corrected chi connectivity index (χ3v) is 3.78. The molecule has 1 aromatic rings. The van der Waals surface area contributed by atoms with Crippen LogP contribution in [0.2, 0.25) is 0 Å². The van der Waals surface area contributed by atoms with E-state index in [1.54, 1.807) is 12.1 Å². The van der Waals surface area contributed by atoms with Crippen LogP contribution in [0, 0.1) is 0 Å². The van der Waals surface area contributed by atoms with E-state index < -0.39 is 11.5 Å². The number of benzene rings is 1. The molecule has 1 aromatic carbocycles. The Balaban J connectivity index is 2.07. The van der Waals surface area contributed by atoms with E-state index >= 15 is 0 Å². The number of alkyl halides is 1. The Kier molecular flexibility index (Phi) is 3.65. The van der Waals surface area contributed by atoms with E-state index in [2.05, 4.69) is 6.08 Å². The summed E-state index contributed by atoms with van der Waals surface area (Å²) >= 11 is 0. The highest BCUT2D eigenvalue weighted by Gasteiger charge is 2.31. The van der Waals surface area contributed by atoms with E-state index in [0.717, 1.165) is 12.0 Å². The molecule has 96 valence electrons. The summed E-state index contributed by atoms with van der Waals surface area (Å²) in [5, 5.41) is 0. The second-order valence-corrected chi connectivity index (χ2v) is 5.18. The topological polar surface area (TPSA) is 17.1 Å². The molecule has 1 aliphatic rings. The maximum absolute atomic E-state index is 14.1. The maximum atomic E-state index is 14.1. The zero-order valence-corrected chi connectivity index (χ0v) is 11.0. The number of carbonyl (C=O) groups is 1. The van der Waals surface area contributed by atoms with Gasteiger partial charge in [0.2, 0.25) is 0 Å². The first-order valence-electron chi connectivity index (χ1n) is 6.47. The molecule has 0 radical (unpaired) electrons. The second kappa shape index (κ2) is 5.05. The minimum absolute atomic E-state index is 0.440. The quantitative estimate of drug-likeness (QED) is 0.730. The summed E-state index contributed by atoms with van der Waals surface area (Å²) < 4.78 is 14.1. The molecule has 1 fully saturated rings. The van der Waals surface area contributed by atoms with Crippen molar-refractivity contribution in [3.05, 3.63) is 47.0 Å². The van der Waals surface area contributed by atoms with Gasteiger partial charge >= 0.3 is 0 Å². The first-order chi connectivity index (χ1) is 8.50. The van der Waals surface area contributed by atoms with Gasteiger partial charge in [-0.25, -0.2) is 4.39 Å². The lowest BCUT2D eigenvalue weighted by molar-refractivity contribution is -0.127. The van der Waals surface area contributed by atoms with Gasteiger partial charge < -0.3 is 0 Å². The van der Waals surface area contributed by atoms with Crippen LogP contribution in [0.15, 0.2) is 35.9 Å². The average Bonchev–Trinajstić information content (AvgIpc) is 2.27. The molecule has 0 spiro atoms. The van der Waals surface area contributed by atoms with E-state index in [-0.39, 0.29) is 0 Å². The van der Waals surface area contributed by atoms with Crippen molar-refractivity contribution in [2.75, 3.05) is 0 Å². The Labute approximate surface area is 108 Å². The molecule has 0 aliphatic heterocycles. The molecule has 0 amide bonds. The van der Waals surface area contributed by atoms with Crippen LogP contribution in [0.5, 0.6) is 0 Å². The van der Waals surface area contributed by atoms with Gasteiger partial charge in [-0.1, -0.05) is 35.9 Å². The van der Waals surface area contributed by atoms with Gasteiger partial charge in [0.15, 0.2) is 11.5 Å². The summed E-state index contributed by atoms with van der Waals surface area (Å²) in [7, 11) is 0. The van der Waals surface area contributed by atoms with E-state index in [9.17, 15) is 9.18 Å². The minimum atomic E-state index is -1.87. The molecule has 1 atom stereocenters. The molecule has 0 saturated heterocycles. The molecule has 1 saturated carbocycles. The van der Waals surface area contributed by atoms with Gasteiger partial charge in [-0.2, -0.15) is 0 Å². The normalized spacial score (nSPS) is 17.8. The Morgan fingerprint density at radius 1 is 1.33 bits per heavy atom. The number of hydrogen-bond donors (Lipinski definition) is 0. The van der Waals surface area contributed by atoms with Crippen LogP contribution < -0.4 is 0 Å². The van der Waals surface area contributed by atoms with E-state index in [1.807, 2.05) is 12.1 Å². The fraction of sp³-hybridized carbons (Fsp3) is 0.438. The molecule has 2 rings (SSSR count). The lowest BCUT2D eigenvalue weighted by Crippen LogP contribution is -2.24. The highest BCUT2D eigenvalue weighted by molar-refractivity contribution is 5.85. The number of allylic oxidation sites excluding steroid dienone is 2. The highest BCUT2D eigenvalue weighted by atomic mass is 19.1. The van der Waals surface area contributed by atoms with Crippen molar-refractivity contribution in [3.63, 3.8) is 0 Å². The largest absolute Gasteiger partial charge is 0.296 e. The molecule has 2 heteroatoms. The van der Waals surface area contributed by atoms with Crippen LogP contribution in [0.1, 0.15) is 44.2 Å². The van der Waals surface area contributed by atoms with Crippen LogP contribution in [0.25, 0.3) is 0 Å². The molecule has 18 heavy (non-hydrogen) atoms. The number of rotatable bonds is 4. The van der Waals surface area contributed by atoms with Gasteiger partial charge in [0, 0.05) is 0 Å². The number of hydrogen-bond acceptors (Lipinski definition) is 1. The summed E-state index contributed by atoms with van der Waals surface area (Å²) in [5.41, 5.74) is 1.26.